The van der Waals surface area contributed by atoms with Gasteiger partial charge in [-0.25, -0.2) is 0 Å². The van der Waals surface area contributed by atoms with Gasteiger partial charge in [-0.05, 0) is 18.2 Å². The molecule has 0 spiro atoms. The maximum atomic E-state index is 12.2. The minimum Gasteiger partial charge on any atom is -0.454 e. The minimum atomic E-state index is -0.138. The highest BCUT2D eigenvalue weighted by molar-refractivity contribution is 6.01. The zero-order valence-electron chi connectivity index (χ0n) is 12.1. The molecule has 2 aliphatic heterocycles. The standard InChI is InChI=1S/C16H13N3O3.ClH/c20-16-9-19(12-4-2-1-3-5-12)17-8-11-6-14-15(22-10-21-14)7-13(11)18-16;/h1-8H,9-10H2,(H,18,20);1H/b17-8-;. The van der Waals surface area contributed by atoms with Gasteiger partial charge in [-0.15, -0.1) is 12.4 Å². The molecule has 2 aromatic rings. The Morgan fingerprint density at radius 1 is 1.09 bits per heavy atom. The second kappa shape index (κ2) is 6.18. The second-order valence-corrected chi connectivity index (χ2v) is 4.98. The van der Waals surface area contributed by atoms with Crippen LogP contribution >= 0.6 is 12.4 Å². The van der Waals surface area contributed by atoms with Crippen LogP contribution in [0.4, 0.5) is 11.4 Å². The highest BCUT2D eigenvalue weighted by Gasteiger charge is 2.20. The molecule has 2 aromatic carbocycles. The molecule has 0 bridgehead atoms. The molecular formula is C16H14ClN3O3. The van der Waals surface area contributed by atoms with E-state index in [0.29, 0.717) is 17.2 Å². The molecule has 23 heavy (non-hydrogen) atoms. The number of rotatable bonds is 1. The van der Waals surface area contributed by atoms with Gasteiger partial charge in [0, 0.05) is 11.6 Å². The van der Waals surface area contributed by atoms with E-state index in [1.807, 2.05) is 36.4 Å². The summed E-state index contributed by atoms with van der Waals surface area (Å²) >= 11 is 0. The molecule has 0 atom stereocenters. The third kappa shape index (κ3) is 2.93. The van der Waals surface area contributed by atoms with E-state index < -0.39 is 0 Å². The van der Waals surface area contributed by atoms with Gasteiger partial charge in [0.2, 0.25) is 12.7 Å². The summed E-state index contributed by atoms with van der Waals surface area (Å²) in [6, 6.07) is 13.1. The Hall–Kier alpha value is -2.73. The fourth-order valence-electron chi connectivity index (χ4n) is 2.43. The van der Waals surface area contributed by atoms with Crippen LogP contribution in [0.3, 0.4) is 0 Å². The van der Waals surface area contributed by atoms with Crippen molar-refractivity contribution in [1.82, 2.24) is 0 Å². The quantitative estimate of drug-likeness (QED) is 0.872. The Bertz CT molecular complexity index is 765. The Labute approximate surface area is 139 Å². The van der Waals surface area contributed by atoms with Crippen molar-refractivity contribution in [3.05, 3.63) is 48.0 Å². The van der Waals surface area contributed by atoms with Gasteiger partial charge in [0.25, 0.3) is 0 Å². The molecule has 118 valence electrons. The van der Waals surface area contributed by atoms with E-state index in [4.69, 9.17) is 9.47 Å². The number of carbonyl (C=O) groups excluding carboxylic acids is 1. The fourth-order valence-corrected chi connectivity index (χ4v) is 2.43. The average Bonchev–Trinajstić information content (AvgIpc) is 2.97. The van der Waals surface area contributed by atoms with Gasteiger partial charge in [-0.1, -0.05) is 18.2 Å². The lowest BCUT2D eigenvalue weighted by Gasteiger charge is -2.21. The van der Waals surface area contributed by atoms with E-state index in [0.717, 1.165) is 11.3 Å². The van der Waals surface area contributed by atoms with Crippen molar-refractivity contribution in [1.29, 1.82) is 0 Å². The third-order valence-electron chi connectivity index (χ3n) is 3.50. The van der Waals surface area contributed by atoms with Crippen molar-refractivity contribution in [2.24, 2.45) is 5.10 Å². The van der Waals surface area contributed by atoms with Gasteiger partial charge in [0.1, 0.15) is 6.54 Å². The summed E-state index contributed by atoms with van der Waals surface area (Å²) in [6.45, 7) is 0.341. The molecule has 0 aliphatic carbocycles. The molecule has 1 N–H and O–H groups in total. The van der Waals surface area contributed by atoms with Crippen LogP contribution < -0.4 is 19.8 Å². The molecule has 1 amide bonds. The van der Waals surface area contributed by atoms with Crippen LogP contribution in [0.1, 0.15) is 5.56 Å². The van der Waals surface area contributed by atoms with Crippen LogP contribution in [0.2, 0.25) is 0 Å². The first-order valence-corrected chi connectivity index (χ1v) is 6.90. The Balaban J connectivity index is 0.00000156. The van der Waals surface area contributed by atoms with Crippen molar-refractivity contribution < 1.29 is 14.3 Å². The number of amides is 1. The SMILES string of the molecule is Cl.O=C1CN(c2ccccc2)/N=C\c2cc3c(cc2N1)OCO3. The van der Waals surface area contributed by atoms with Crippen LogP contribution in [0.5, 0.6) is 11.5 Å². The number of fused-ring (bicyclic) bond motifs is 2. The van der Waals surface area contributed by atoms with E-state index in [9.17, 15) is 4.79 Å². The van der Waals surface area contributed by atoms with E-state index in [1.54, 1.807) is 17.3 Å². The van der Waals surface area contributed by atoms with Gasteiger partial charge >= 0.3 is 0 Å². The fraction of sp³-hybridized carbons (Fsp3) is 0.125. The molecule has 4 rings (SSSR count). The molecule has 6 nitrogen and oxygen atoms in total. The molecule has 0 aromatic heterocycles. The van der Waals surface area contributed by atoms with Gasteiger partial charge in [-0.2, -0.15) is 5.10 Å². The number of hydrazone groups is 1. The second-order valence-electron chi connectivity index (χ2n) is 4.98. The summed E-state index contributed by atoms with van der Waals surface area (Å²) in [5.41, 5.74) is 2.31. The van der Waals surface area contributed by atoms with E-state index in [1.165, 1.54) is 0 Å². The van der Waals surface area contributed by atoms with Crippen LogP contribution in [-0.4, -0.2) is 25.5 Å². The molecule has 2 aliphatic rings. The summed E-state index contributed by atoms with van der Waals surface area (Å²) in [4.78, 5) is 12.2. The first-order chi connectivity index (χ1) is 10.8. The van der Waals surface area contributed by atoms with Crippen LogP contribution in [0, 0.1) is 0 Å². The zero-order chi connectivity index (χ0) is 14.9. The number of nitrogens with zero attached hydrogens (tertiary/aromatic N) is 2. The topological polar surface area (TPSA) is 63.2 Å². The van der Waals surface area contributed by atoms with Crippen molar-refractivity contribution in [2.45, 2.75) is 0 Å². The summed E-state index contributed by atoms with van der Waals surface area (Å²) in [5.74, 6) is 1.15. The molecular weight excluding hydrogens is 318 g/mol. The lowest BCUT2D eigenvalue weighted by atomic mass is 10.1. The van der Waals surface area contributed by atoms with Crippen LogP contribution in [-0.2, 0) is 4.79 Å². The number of benzene rings is 2. The zero-order valence-corrected chi connectivity index (χ0v) is 12.9. The minimum absolute atomic E-state index is 0. The normalized spacial score (nSPS) is 16.5. The Morgan fingerprint density at radius 3 is 2.61 bits per heavy atom. The maximum absolute atomic E-state index is 12.2. The van der Waals surface area contributed by atoms with Crippen LogP contribution in [0.15, 0.2) is 47.6 Å². The van der Waals surface area contributed by atoms with Crippen molar-refractivity contribution in [2.75, 3.05) is 23.7 Å². The van der Waals surface area contributed by atoms with Crippen LogP contribution in [0.25, 0.3) is 0 Å². The predicted octanol–water partition coefficient (Wildman–Crippen LogP) is 2.63. The summed E-state index contributed by atoms with van der Waals surface area (Å²) in [6.07, 6.45) is 1.71. The van der Waals surface area contributed by atoms with E-state index in [2.05, 4.69) is 10.4 Å². The number of para-hydroxylation sites is 1. The summed E-state index contributed by atoms with van der Waals surface area (Å²) in [5, 5.41) is 8.96. The average molecular weight is 332 g/mol. The first-order valence-electron chi connectivity index (χ1n) is 6.90. The molecule has 0 fully saturated rings. The van der Waals surface area contributed by atoms with Gasteiger partial charge in [0.15, 0.2) is 11.5 Å². The number of hydrogen-bond donors (Lipinski definition) is 1. The van der Waals surface area contributed by atoms with Gasteiger partial charge in [0.05, 0.1) is 17.6 Å². The molecule has 0 unspecified atom stereocenters. The Morgan fingerprint density at radius 2 is 1.83 bits per heavy atom. The van der Waals surface area contributed by atoms with Crippen molar-refractivity contribution in [3.8, 4) is 11.5 Å². The number of hydrogen-bond acceptors (Lipinski definition) is 5. The highest BCUT2D eigenvalue weighted by atomic mass is 35.5. The van der Waals surface area contributed by atoms with Gasteiger partial charge < -0.3 is 14.8 Å². The summed E-state index contributed by atoms with van der Waals surface area (Å²) in [7, 11) is 0. The molecule has 2 heterocycles. The molecule has 0 saturated carbocycles. The monoisotopic (exact) mass is 331 g/mol. The van der Waals surface area contributed by atoms with E-state index in [-0.39, 0.29) is 31.7 Å². The maximum Gasteiger partial charge on any atom is 0.246 e. The summed E-state index contributed by atoms with van der Waals surface area (Å²) < 4.78 is 10.7. The predicted molar refractivity (Wildman–Crippen MR) is 89.8 cm³/mol. The number of carbonyl (C=O) groups is 1. The lowest BCUT2D eigenvalue weighted by Crippen LogP contribution is -2.31. The number of nitrogens with one attached hydrogen (secondary N) is 1. The third-order valence-corrected chi connectivity index (χ3v) is 3.50. The van der Waals surface area contributed by atoms with E-state index >= 15 is 0 Å². The number of anilines is 2. The number of ether oxygens (including phenoxy) is 2. The Kier molecular flexibility index (Phi) is 4.08. The lowest BCUT2D eigenvalue weighted by molar-refractivity contribution is -0.115. The number of halogens is 1. The largest absolute Gasteiger partial charge is 0.454 e. The molecule has 0 radical (unpaired) electrons. The smallest absolute Gasteiger partial charge is 0.246 e. The van der Waals surface area contributed by atoms with Gasteiger partial charge in [-0.3, -0.25) is 9.80 Å². The van der Waals surface area contributed by atoms with Crippen molar-refractivity contribution >= 4 is 35.9 Å². The first kappa shape index (κ1) is 15.2. The molecule has 0 saturated heterocycles. The molecule has 7 heteroatoms. The highest BCUT2D eigenvalue weighted by Crippen LogP contribution is 2.36. The van der Waals surface area contributed by atoms with Crippen molar-refractivity contribution in [3.63, 3.8) is 0 Å².